The van der Waals surface area contributed by atoms with Gasteiger partial charge in [-0.15, -0.1) is 0 Å². The molecule has 0 radical (unpaired) electrons. The number of benzene rings is 2. The molecule has 1 aromatic heterocycles. The van der Waals surface area contributed by atoms with Crippen molar-refractivity contribution in [3.05, 3.63) is 58.9 Å². The summed E-state index contributed by atoms with van der Waals surface area (Å²) in [6, 6.07) is 12.4. The molecule has 7 heteroatoms. The van der Waals surface area contributed by atoms with Crippen LogP contribution in [-0.4, -0.2) is 28.9 Å². The first-order chi connectivity index (χ1) is 12.1. The topological polar surface area (TPSA) is 86.0 Å². The minimum absolute atomic E-state index is 0.460. The van der Waals surface area contributed by atoms with Gasteiger partial charge in [-0.2, -0.15) is 5.10 Å². The lowest BCUT2D eigenvalue weighted by molar-refractivity contribution is 0.310. The van der Waals surface area contributed by atoms with E-state index in [2.05, 4.69) is 15.2 Å². The van der Waals surface area contributed by atoms with Crippen LogP contribution in [0.3, 0.4) is 0 Å². The van der Waals surface area contributed by atoms with Crippen LogP contribution in [-0.2, 0) is 0 Å². The Labute approximate surface area is 150 Å². The van der Waals surface area contributed by atoms with Crippen molar-refractivity contribution < 1.29 is 9.47 Å². The van der Waals surface area contributed by atoms with Crippen LogP contribution in [0.2, 0.25) is 5.02 Å². The summed E-state index contributed by atoms with van der Waals surface area (Å²) in [5.74, 6) is 2.45. The molecular weight excluding hydrogens is 340 g/mol. The third-order valence-corrected chi connectivity index (χ3v) is 4.00. The fraction of sp³-hybridized carbons (Fsp3) is 0.222. The second kappa shape index (κ2) is 7.55. The van der Waals surface area contributed by atoms with E-state index in [1.54, 1.807) is 19.2 Å². The zero-order valence-corrected chi connectivity index (χ0v) is 14.7. The third-order valence-electron chi connectivity index (χ3n) is 3.75. The Balaban J connectivity index is 1.86. The van der Waals surface area contributed by atoms with Crippen molar-refractivity contribution in [1.29, 1.82) is 0 Å². The molecule has 25 heavy (non-hydrogen) atoms. The number of H-pyrrole nitrogens is 1. The molecule has 3 aromatic rings. The van der Waals surface area contributed by atoms with Crippen LogP contribution in [0.5, 0.6) is 11.5 Å². The van der Waals surface area contributed by atoms with Crippen LogP contribution in [0.15, 0.2) is 42.5 Å². The standard InChI is InChI=1S/C18H19ClN4O2/c1-3-25-14-9-6-12(10-15(14)24-2)16(20)18-21-17(22-23-18)11-4-7-13(19)8-5-11/h4-10,16H,3,20H2,1-2H3,(H,21,22,23). The molecule has 0 aliphatic rings. The fourth-order valence-corrected chi connectivity index (χ4v) is 2.58. The van der Waals surface area contributed by atoms with Gasteiger partial charge in [0.1, 0.15) is 5.82 Å². The minimum atomic E-state index is -0.460. The first-order valence-corrected chi connectivity index (χ1v) is 8.24. The Hall–Kier alpha value is -2.57. The molecule has 0 saturated carbocycles. The van der Waals surface area contributed by atoms with Crippen LogP contribution < -0.4 is 15.2 Å². The Morgan fingerprint density at radius 1 is 1.16 bits per heavy atom. The molecule has 0 aliphatic heterocycles. The SMILES string of the molecule is CCOc1ccc(C(N)c2nc(-c3ccc(Cl)cc3)n[nH]2)cc1OC. The highest BCUT2D eigenvalue weighted by Gasteiger charge is 2.17. The van der Waals surface area contributed by atoms with Gasteiger partial charge in [0.15, 0.2) is 17.3 Å². The molecule has 0 fully saturated rings. The van der Waals surface area contributed by atoms with Gasteiger partial charge < -0.3 is 15.2 Å². The van der Waals surface area contributed by atoms with E-state index in [0.717, 1.165) is 11.1 Å². The van der Waals surface area contributed by atoms with E-state index in [0.29, 0.717) is 34.8 Å². The van der Waals surface area contributed by atoms with E-state index < -0.39 is 6.04 Å². The molecule has 0 bridgehead atoms. The average molecular weight is 359 g/mol. The van der Waals surface area contributed by atoms with E-state index in [-0.39, 0.29) is 0 Å². The number of nitrogens with two attached hydrogens (primary N) is 1. The van der Waals surface area contributed by atoms with Gasteiger partial charge in [-0.1, -0.05) is 17.7 Å². The van der Waals surface area contributed by atoms with Gasteiger partial charge in [0.2, 0.25) is 0 Å². The lowest BCUT2D eigenvalue weighted by atomic mass is 10.1. The molecule has 3 N–H and O–H groups in total. The molecular formula is C18H19ClN4O2. The van der Waals surface area contributed by atoms with Gasteiger partial charge in [0.05, 0.1) is 19.8 Å². The van der Waals surface area contributed by atoms with Gasteiger partial charge in [-0.25, -0.2) is 4.98 Å². The highest BCUT2D eigenvalue weighted by atomic mass is 35.5. The summed E-state index contributed by atoms with van der Waals surface area (Å²) in [4.78, 5) is 4.49. The average Bonchev–Trinajstić information content (AvgIpc) is 3.12. The van der Waals surface area contributed by atoms with Crippen molar-refractivity contribution in [2.45, 2.75) is 13.0 Å². The molecule has 6 nitrogen and oxygen atoms in total. The van der Waals surface area contributed by atoms with Gasteiger partial charge >= 0.3 is 0 Å². The fourth-order valence-electron chi connectivity index (χ4n) is 2.45. The summed E-state index contributed by atoms with van der Waals surface area (Å²) < 4.78 is 10.9. The van der Waals surface area contributed by atoms with Crippen molar-refractivity contribution in [3.8, 4) is 22.9 Å². The lowest BCUT2D eigenvalue weighted by Crippen LogP contribution is -2.14. The van der Waals surface area contributed by atoms with Crippen LogP contribution in [0.4, 0.5) is 0 Å². The van der Waals surface area contributed by atoms with Crippen LogP contribution in [0.1, 0.15) is 24.4 Å². The summed E-state index contributed by atoms with van der Waals surface area (Å²) in [6.07, 6.45) is 0. The first-order valence-electron chi connectivity index (χ1n) is 7.87. The van der Waals surface area contributed by atoms with Gasteiger partial charge in [-0.05, 0) is 48.9 Å². The smallest absolute Gasteiger partial charge is 0.181 e. The van der Waals surface area contributed by atoms with Crippen LogP contribution in [0, 0.1) is 0 Å². The predicted octanol–water partition coefficient (Wildman–Crippen LogP) is 3.58. The van der Waals surface area contributed by atoms with E-state index in [1.807, 2.05) is 37.3 Å². The maximum absolute atomic E-state index is 6.33. The zero-order chi connectivity index (χ0) is 17.8. The number of hydrogen-bond donors (Lipinski definition) is 2. The number of ether oxygens (including phenoxy) is 2. The first kappa shape index (κ1) is 17.3. The molecule has 0 aliphatic carbocycles. The lowest BCUT2D eigenvalue weighted by Gasteiger charge is -2.13. The Bertz CT molecular complexity index is 849. The molecule has 0 spiro atoms. The van der Waals surface area contributed by atoms with Crippen molar-refractivity contribution in [2.75, 3.05) is 13.7 Å². The molecule has 130 valence electrons. The van der Waals surface area contributed by atoms with Gasteiger partial charge in [0.25, 0.3) is 0 Å². The number of hydrogen-bond acceptors (Lipinski definition) is 5. The van der Waals surface area contributed by atoms with Crippen LogP contribution >= 0.6 is 11.6 Å². The number of aromatic amines is 1. The highest BCUT2D eigenvalue weighted by molar-refractivity contribution is 6.30. The second-order valence-electron chi connectivity index (χ2n) is 5.37. The molecule has 1 heterocycles. The summed E-state index contributed by atoms with van der Waals surface area (Å²) in [7, 11) is 1.60. The zero-order valence-electron chi connectivity index (χ0n) is 14.0. The van der Waals surface area contributed by atoms with Gasteiger partial charge in [0, 0.05) is 10.6 Å². The predicted molar refractivity (Wildman–Crippen MR) is 97.0 cm³/mol. The number of nitrogens with one attached hydrogen (secondary N) is 1. The Kier molecular flexibility index (Phi) is 5.21. The Morgan fingerprint density at radius 2 is 1.92 bits per heavy atom. The van der Waals surface area contributed by atoms with E-state index in [9.17, 15) is 0 Å². The second-order valence-corrected chi connectivity index (χ2v) is 5.81. The number of methoxy groups -OCH3 is 1. The van der Waals surface area contributed by atoms with Crippen LogP contribution in [0.25, 0.3) is 11.4 Å². The van der Waals surface area contributed by atoms with E-state index in [4.69, 9.17) is 26.8 Å². The highest BCUT2D eigenvalue weighted by Crippen LogP contribution is 2.31. The minimum Gasteiger partial charge on any atom is -0.493 e. The molecule has 1 unspecified atom stereocenters. The van der Waals surface area contributed by atoms with E-state index >= 15 is 0 Å². The summed E-state index contributed by atoms with van der Waals surface area (Å²) in [6.45, 7) is 2.49. The van der Waals surface area contributed by atoms with Crippen molar-refractivity contribution in [3.63, 3.8) is 0 Å². The van der Waals surface area contributed by atoms with Crippen molar-refractivity contribution >= 4 is 11.6 Å². The normalized spacial score (nSPS) is 12.0. The molecule has 0 saturated heterocycles. The maximum Gasteiger partial charge on any atom is 0.181 e. The summed E-state index contributed by atoms with van der Waals surface area (Å²) in [5, 5.41) is 7.80. The number of nitrogens with zero attached hydrogens (tertiary/aromatic N) is 2. The number of rotatable bonds is 6. The number of halogens is 1. The molecule has 3 rings (SSSR count). The largest absolute Gasteiger partial charge is 0.493 e. The Morgan fingerprint density at radius 3 is 2.60 bits per heavy atom. The molecule has 0 amide bonds. The monoisotopic (exact) mass is 358 g/mol. The third kappa shape index (κ3) is 3.75. The maximum atomic E-state index is 6.33. The number of aromatic nitrogens is 3. The van der Waals surface area contributed by atoms with Gasteiger partial charge in [-0.3, -0.25) is 5.10 Å². The van der Waals surface area contributed by atoms with Crippen molar-refractivity contribution in [2.24, 2.45) is 5.73 Å². The quantitative estimate of drug-likeness (QED) is 0.703. The summed E-state index contributed by atoms with van der Waals surface area (Å²) in [5.41, 5.74) is 8.04. The summed E-state index contributed by atoms with van der Waals surface area (Å²) >= 11 is 5.91. The van der Waals surface area contributed by atoms with Crippen molar-refractivity contribution in [1.82, 2.24) is 15.2 Å². The van der Waals surface area contributed by atoms with E-state index in [1.165, 1.54) is 0 Å². The molecule has 1 atom stereocenters. The molecule has 2 aromatic carbocycles.